The molecule has 2 fully saturated rings. The molecule has 0 bridgehead atoms. The molecule has 7 heteroatoms. The van der Waals surface area contributed by atoms with Crippen LogP contribution in [0.4, 0.5) is 0 Å². The summed E-state index contributed by atoms with van der Waals surface area (Å²) in [4.78, 5) is 23.5. The summed E-state index contributed by atoms with van der Waals surface area (Å²) in [7, 11) is 0. The number of carbonyl (C=O) groups is 2. The second-order valence-corrected chi connectivity index (χ2v) is 8.36. The molecule has 1 aliphatic heterocycles. The molecule has 2 aliphatic rings. The van der Waals surface area contributed by atoms with Gasteiger partial charge in [-0.3, -0.25) is 9.59 Å². The van der Waals surface area contributed by atoms with Gasteiger partial charge < -0.3 is 20.5 Å². The van der Waals surface area contributed by atoms with E-state index in [2.05, 4.69) is 26.6 Å². The molecule has 0 atom stereocenters. The zero-order valence-corrected chi connectivity index (χ0v) is 17.0. The van der Waals surface area contributed by atoms with Gasteiger partial charge >= 0.3 is 5.97 Å². The zero-order chi connectivity index (χ0) is 19.2. The molecule has 27 heavy (non-hydrogen) atoms. The summed E-state index contributed by atoms with van der Waals surface area (Å²) in [6.45, 7) is 2.78. The molecule has 1 heterocycles. The number of halogens is 1. The first-order valence-electron chi connectivity index (χ1n) is 9.69. The largest absolute Gasteiger partial charge is 0.492 e. The first kappa shape index (κ1) is 20.1. The Morgan fingerprint density at radius 3 is 2.48 bits per heavy atom. The fraction of sp³-hybridized carbons (Fsp3) is 0.600. The summed E-state index contributed by atoms with van der Waals surface area (Å²) in [5, 5.41) is 15.4. The van der Waals surface area contributed by atoms with Gasteiger partial charge in [-0.1, -0.05) is 0 Å². The van der Waals surface area contributed by atoms with E-state index in [4.69, 9.17) is 9.84 Å². The third-order valence-electron chi connectivity index (χ3n) is 5.54. The van der Waals surface area contributed by atoms with E-state index in [1.54, 1.807) is 12.1 Å². The summed E-state index contributed by atoms with van der Waals surface area (Å²) in [5.74, 6) is 0.195. The van der Waals surface area contributed by atoms with E-state index < -0.39 is 5.97 Å². The lowest BCUT2D eigenvalue weighted by atomic mass is 9.86. The van der Waals surface area contributed by atoms with Crippen LogP contribution < -0.4 is 15.4 Å². The smallest absolute Gasteiger partial charge is 0.306 e. The Hall–Kier alpha value is -1.60. The molecule has 3 N–H and O–H groups in total. The monoisotopic (exact) mass is 438 g/mol. The van der Waals surface area contributed by atoms with Crippen molar-refractivity contribution in [3.8, 4) is 5.75 Å². The Balaban J connectivity index is 1.50. The van der Waals surface area contributed by atoms with Crippen LogP contribution >= 0.6 is 15.9 Å². The number of hydrogen-bond acceptors (Lipinski definition) is 4. The van der Waals surface area contributed by atoms with E-state index in [0.29, 0.717) is 43.8 Å². The normalized spacial score (nSPS) is 23.6. The Morgan fingerprint density at radius 2 is 1.85 bits per heavy atom. The lowest BCUT2D eigenvalue weighted by Crippen LogP contribution is -2.38. The third kappa shape index (κ3) is 5.69. The van der Waals surface area contributed by atoms with Crippen LogP contribution in [0.15, 0.2) is 22.7 Å². The molecular formula is C20H27BrN2O4. The van der Waals surface area contributed by atoms with Crippen LogP contribution in [-0.4, -0.2) is 42.7 Å². The van der Waals surface area contributed by atoms with E-state index in [0.717, 1.165) is 36.2 Å². The number of nitrogens with one attached hydrogen (secondary N) is 2. The second-order valence-electron chi connectivity index (χ2n) is 7.51. The van der Waals surface area contributed by atoms with Crippen LogP contribution in [0.5, 0.6) is 5.75 Å². The van der Waals surface area contributed by atoms with Gasteiger partial charge in [0, 0.05) is 11.6 Å². The van der Waals surface area contributed by atoms with E-state index in [9.17, 15) is 9.59 Å². The Kier molecular flexibility index (Phi) is 7.13. The van der Waals surface area contributed by atoms with Gasteiger partial charge in [-0.15, -0.1) is 0 Å². The molecule has 3 rings (SSSR count). The molecule has 0 spiro atoms. The molecule has 1 aromatic carbocycles. The first-order valence-corrected chi connectivity index (χ1v) is 10.5. The van der Waals surface area contributed by atoms with Crippen LogP contribution in [0, 0.1) is 11.8 Å². The third-order valence-corrected chi connectivity index (χ3v) is 6.16. The number of ether oxygens (including phenoxy) is 1. The van der Waals surface area contributed by atoms with E-state index in [1.165, 1.54) is 0 Å². The van der Waals surface area contributed by atoms with Crippen LogP contribution in [0.25, 0.3) is 0 Å². The number of aliphatic carboxylic acids is 1. The van der Waals surface area contributed by atoms with Crippen molar-refractivity contribution in [2.75, 3.05) is 19.7 Å². The van der Waals surface area contributed by atoms with Crippen molar-refractivity contribution >= 4 is 27.8 Å². The number of hydrogen-bond donors (Lipinski definition) is 3. The van der Waals surface area contributed by atoms with Gasteiger partial charge in [0.25, 0.3) is 5.91 Å². The van der Waals surface area contributed by atoms with Gasteiger partial charge in [-0.05, 0) is 91.7 Å². The maximum absolute atomic E-state index is 12.5. The molecule has 0 radical (unpaired) electrons. The molecule has 1 aliphatic carbocycles. The van der Waals surface area contributed by atoms with Crippen LogP contribution in [0.2, 0.25) is 0 Å². The van der Waals surface area contributed by atoms with Crippen molar-refractivity contribution in [3.63, 3.8) is 0 Å². The molecule has 0 aromatic heterocycles. The number of carboxylic acid groups (broad SMARTS) is 1. The van der Waals surface area contributed by atoms with Gasteiger partial charge in [-0.25, -0.2) is 0 Å². The van der Waals surface area contributed by atoms with E-state index in [-0.39, 0.29) is 17.9 Å². The lowest BCUT2D eigenvalue weighted by molar-refractivity contribution is -0.142. The van der Waals surface area contributed by atoms with Gasteiger partial charge in [0.15, 0.2) is 0 Å². The number of rotatable bonds is 6. The van der Waals surface area contributed by atoms with E-state index in [1.807, 2.05) is 6.07 Å². The highest BCUT2D eigenvalue weighted by molar-refractivity contribution is 9.10. The van der Waals surface area contributed by atoms with Crippen LogP contribution in [0.3, 0.4) is 0 Å². The standard InChI is InChI=1S/C20H27BrN2O4/c21-17-11-15(3-6-18(17)27-12-13-7-9-22-10-8-13)19(24)23-16-4-1-14(2-5-16)20(25)26/h3,6,11,13-14,16,22H,1-2,4-5,7-10,12H2,(H,23,24)(H,25,26)/t14-,16-. The molecule has 1 saturated carbocycles. The number of carboxylic acids is 1. The van der Waals surface area contributed by atoms with Gasteiger partial charge in [-0.2, -0.15) is 0 Å². The highest BCUT2D eigenvalue weighted by Crippen LogP contribution is 2.28. The quantitative estimate of drug-likeness (QED) is 0.634. The lowest BCUT2D eigenvalue weighted by Gasteiger charge is -2.27. The summed E-state index contributed by atoms with van der Waals surface area (Å²) < 4.78 is 6.71. The first-order chi connectivity index (χ1) is 13.0. The average molecular weight is 439 g/mol. The molecule has 1 saturated heterocycles. The van der Waals surface area contributed by atoms with Crippen molar-refractivity contribution in [2.45, 2.75) is 44.6 Å². The van der Waals surface area contributed by atoms with Gasteiger partial charge in [0.2, 0.25) is 0 Å². The molecule has 1 aromatic rings. The second kappa shape index (κ2) is 9.55. The SMILES string of the molecule is O=C(N[C@H]1CC[C@H](C(=O)O)CC1)c1ccc(OCC2CCNCC2)c(Br)c1. The maximum Gasteiger partial charge on any atom is 0.306 e. The Morgan fingerprint density at radius 1 is 1.15 bits per heavy atom. The summed E-state index contributed by atoms with van der Waals surface area (Å²) in [5.41, 5.74) is 0.580. The van der Waals surface area contributed by atoms with Crippen molar-refractivity contribution in [3.05, 3.63) is 28.2 Å². The minimum atomic E-state index is -0.733. The summed E-state index contributed by atoms with van der Waals surface area (Å²) >= 11 is 3.51. The molecule has 148 valence electrons. The number of benzene rings is 1. The van der Waals surface area contributed by atoms with Crippen molar-refractivity contribution in [1.82, 2.24) is 10.6 Å². The number of carbonyl (C=O) groups excluding carboxylic acids is 1. The molecular weight excluding hydrogens is 412 g/mol. The summed E-state index contributed by atoms with van der Waals surface area (Å²) in [6.07, 6.45) is 4.91. The van der Waals surface area contributed by atoms with Crippen molar-refractivity contribution in [1.29, 1.82) is 0 Å². The van der Waals surface area contributed by atoms with Gasteiger partial charge in [0.05, 0.1) is 17.0 Å². The van der Waals surface area contributed by atoms with Crippen LogP contribution in [-0.2, 0) is 4.79 Å². The zero-order valence-electron chi connectivity index (χ0n) is 15.4. The number of amides is 1. The Bertz CT molecular complexity index is 668. The van der Waals surface area contributed by atoms with Gasteiger partial charge in [0.1, 0.15) is 5.75 Å². The predicted octanol–water partition coefficient (Wildman–Crippen LogP) is 3.20. The molecule has 6 nitrogen and oxygen atoms in total. The minimum Gasteiger partial charge on any atom is -0.492 e. The topological polar surface area (TPSA) is 87.7 Å². The minimum absolute atomic E-state index is 0.0442. The average Bonchev–Trinajstić information content (AvgIpc) is 2.68. The highest BCUT2D eigenvalue weighted by Gasteiger charge is 2.27. The Labute approximate surface area is 168 Å². The van der Waals surface area contributed by atoms with Crippen molar-refractivity contribution < 1.29 is 19.4 Å². The maximum atomic E-state index is 12.5. The van der Waals surface area contributed by atoms with E-state index >= 15 is 0 Å². The predicted molar refractivity (Wildman–Crippen MR) is 106 cm³/mol. The molecule has 0 unspecified atom stereocenters. The fourth-order valence-electron chi connectivity index (χ4n) is 3.77. The highest BCUT2D eigenvalue weighted by atomic mass is 79.9. The summed E-state index contributed by atoms with van der Waals surface area (Å²) in [6, 6.07) is 5.45. The fourth-order valence-corrected chi connectivity index (χ4v) is 4.26. The van der Waals surface area contributed by atoms with Crippen LogP contribution in [0.1, 0.15) is 48.9 Å². The molecule has 1 amide bonds. The van der Waals surface area contributed by atoms with Crippen molar-refractivity contribution in [2.24, 2.45) is 11.8 Å². The number of piperidine rings is 1.